The molecule has 6 heteroatoms. The molecule has 0 fully saturated rings. The summed E-state index contributed by atoms with van der Waals surface area (Å²) in [5.41, 5.74) is 1.76. The molecule has 0 bridgehead atoms. The molecule has 0 aromatic heterocycles. The van der Waals surface area contributed by atoms with Gasteiger partial charge in [0.1, 0.15) is 11.5 Å². The van der Waals surface area contributed by atoms with Gasteiger partial charge in [0, 0.05) is 18.3 Å². The van der Waals surface area contributed by atoms with E-state index >= 15 is 0 Å². The number of carbonyl (C=O) groups is 2. The van der Waals surface area contributed by atoms with Crippen molar-refractivity contribution < 1.29 is 19.1 Å². The van der Waals surface area contributed by atoms with Gasteiger partial charge in [-0.05, 0) is 55.8 Å². The van der Waals surface area contributed by atoms with Gasteiger partial charge in [-0.2, -0.15) is 0 Å². The third kappa shape index (κ3) is 3.64. The number of nitrogens with one attached hydrogen (secondary N) is 1. The molecule has 2 aromatic carbocycles. The number of ether oxygens (including phenoxy) is 2. The van der Waals surface area contributed by atoms with Crippen LogP contribution < -0.4 is 19.7 Å². The van der Waals surface area contributed by atoms with E-state index in [9.17, 15) is 9.59 Å². The van der Waals surface area contributed by atoms with Crippen LogP contribution in [0.1, 0.15) is 30.6 Å². The van der Waals surface area contributed by atoms with Crippen LogP contribution in [0.4, 0.5) is 11.4 Å². The average Bonchev–Trinajstić information content (AvgIpc) is 2.65. The molecule has 0 aliphatic carbocycles. The topological polar surface area (TPSA) is 67.9 Å². The van der Waals surface area contributed by atoms with Gasteiger partial charge < -0.3 is 19.7 Å². The monoisotopic (exact) mass is 354 g/mol. The first-order chi connectivity index (χ1) is 12.5. The van der Waals surface area contributed by atoms with Gasteiger partial charge in [0.25, 0.3) is 11.8 Å². The summed E-state index contributed by atoms with van der Waals surface area (Å²) in [5, 5.41) is 2.84. The first kappa shape index (κ1) is 17.8. The zero-order chi connectivity index (χ0) is 18.7. The Balaban J connectivity index is 1.73. The Morgan fingerprint density at radius 1 is 1.23 bits per heavy atom. The molecule has 3 rings (SSSR count). The normalized spacial score (nSPS) is 15.9. The number of hydrogen-bond acceptors (Lipinski definition) is 4. The molecule has 0 unspecified atom stereocenters. The number of fused-ring (bicyclic) bond motifs is 1. The first-order valence-electron chi connectivity index (χ1n) is 8.62. The van der Waals surface area contributed by atoms with Gasteiger partial charge in [0.2, 0.25) is 0 Å². The van der Waals surface area contributed by atoms with Crippen molar-refractivity contribution in [2.75, 3.05) is 23.9 Å². The summed E-state index contributed by atoms with van der Waals surface area (Å²) >= 11 is 0. The van der Waals surface area contributed by atoms with Gasteiger partial charge >= 0.3 is 0 Å². The first-order valence-corrected chi connectivity index (χ1v) is 8.62. The van der Waals surface area contributed by atoms with E-state index in [1.807, 2.05) is 6.92 Å². The Hall–Kier alpha value is -3.02. The maximum atomic E-state index is 12.4. The maximum Gasteiger partial charge on any atom is 0.267 e. The fraction of sp³-hybridized carbons (Fsp3) is 0.300. The van der Waals surface area contributed by atoms with Crippen LogP contribution in [0, 0.1) is 0 Å². The van der Waals surface area contributed by atoms with Gasteiger partial charge in [0.15, 0.2) is 6.10 Å². The number of rotatable bonds is 5. The molecule has 26 heavy (non-hydrogen) atoms. The Morgan fingerprint density at radius 2 is 1.96 bits per heavy atom. The van der Waals surface area contributed by atoms with E-state index in [2.05, 4.69) is 5.32 Å². The standard InChI is InChI=1S/C20H22N2O4/c1-4-11-25-16-8-5-14(6-9-16)19(23)21-15-7-10-18-17(12-15)22(3)20(24)13(2)26-18/h5-10,12-13H,4,11H2,1-3H3,(H,21,23)/t13-/m0/s1. The summed E-state index contributed by atoms with van der Waals surface area (Å²) in [6.07, 6.45) is 0.418. The molecule has 1 atom stereocenters. The molecule has 136 valence electrons. The minimum atomic E-state index is -0.513. The largest absolute Gasteiger partial charge is 0.494 e. The predicted octanol–water partition coefficient (Wildman–Crippen LogP) is 3.47. The fourth-order valence-electron chi connectivity index (χ4n) is 2.71. The minimum Gasteiger partial charge on any atom is -0.494 e. The summed E-state index contributed by atoms with van der Waals surface area (Å²) in [4.78, 5) is 26.0. The number of carbonyl (C=O) groups excluding carboxylic acids is 2. The highest BCUT2D eigenvalue weighted by molar-refractivity contribution is 6.05. The number of nitrogens with zero attached hydrogens (tertiary/aromatic N) is 1. The zero-order valence-corrected chi connectivity index (χ0v) is 15.1. The van der Waals surface area contributed by atoms with E-state index in [0.717, 1.165) is 12.2 Å². The third-order valence-corrected chi connectivity index (χ3v) is 4.15. The lowest BCUT2D eigenvalue weighted by atomic mass is 10.1. The molecule has 0 radical (unpaired) electrons. The molecule has 1 N–H and O–H groups in total. The highest BCUT2D eigenvalue weighted by Gasteiger charge is 2.29. The van der Waals surface area contributed by atoms with E-state index < -0.39 is 6.10 Å². The van der Waals surface area contributed by atoms with Gasteiger partial charge in [-0.1, -0.05) is 6.92 Å². The van der Waals surface area contributed by atoms with Crippen molar-refractivity contribution >= 4 is 23.2 Å². The lowest BCUT2D eigenvalue weighted by Crippen LogP contribution is -2.41. The summed E-state index contributed by atoms with van der Waals surface area (Å²) in [6, 6.07) is 12.2. The summed E-state index contributed by atoms with van der Waals surface area (Å²) in [7, 11) is 1.70. The highest BCUT2D eigenvalue weighted by Crippen LogP contribution is 2.35. The second-order valence-corrected chi connectivity index (χ2v) is 6.17. The van der Waals surface area contributed by atoms with Crippen LogP contribution in [0.2, 0.25) is 0 Å². The van der Waals surface area contributed by atoms with Gasteiger partial charge in [-0.3, -0.25) is 9.59 Å². The average molecular weight is 354 g/mol. The molecule has 2 amide bonds. The van der Waals surface area contributed by atoms with Crippen LogP contribution in [0.3, 0.4) is 0 Å². The summed E-state index contributed by atoms with van der Waals surface area (Å²) < 4.78 is 11.1. The Kier molecular flexibility index (Phi) is 5.11. The van der Waals surface area contributed by atoms with Crippen LogP contribution in [0.25, 0.3) is 0 Å². The fourth-order valence-corrected chi connectivity index (χ4v) is 2.71. The van der Waals surface area contributed by atoms with Crippen molar-refractivity contribution in [3.05, 3.63) is 48.0 Å². The van der Waals surface area contributed by atoms with Crippen molar-refractivity contribution in [3.63, 3.8) is 0 Å². The van der Waals surface area contributed by atoms with E-state index in [-0.39, 0.29) is 11.8 Å². The molecule has 1 aliphatic rings. The zero-order valence-electron chi connectivity index (χ0n) is 15.1. The van der Waals surface area contributed by atoms with Gasteiger partial charge in [0.05, 0.1) is 12.3 Å². The number of amides is 2. The molecule has 1 aliphatic heterocycles. The van der Waals surface area contributed by atoms with E-state index in [4.69, 9.17) is 9.47 Å². The number of likely N-dealkylation sites (N-methyl/N-ethyl adjacent to an activating group) is 1. The number of hydrogen-bond donors (Lipinski definition) is 1. The summed E-state index contributed by atoms with van der Waals surface area (Å²) in [5.74, 6) is 1.01. The Bertz CT molecular complexity index is 817. The molecule has 0 spiro atoms. The minimum absolute atomic E-state index is 0.122. The second-order valence-electron chi connectivity index (χ2n) is 6.17. The van der Waals surface area contributed by atoms with Crippen molar-refractivity contribution in [2.24, 2.45) is 0 Å². The van der Waals surface area contributed by atoms with Crippen LogP contribution in [-0.2, 0) is 4.79 Å². The van der Waals surface area contributed by atoms with E-state index in [1.165, 1.54) is 0 Å². The highest BCUT2D eigenvalue weighted by atomic mass is 16.5. The van der Waals surface area contributed by atoms with Crippen LogP contribution in [-0.4, -0.2) is 31.6 Å². The molecule has 0 saturated heterocycles. The molecular weight excluding hydrogens is 332 g/mol. The Morgan fingerprint density at radius 3 is 2.65 bits per heavy atom. The molecule has 1 heterocycles. The smallest absolute Gasteiger partial charge is 0.267 e. The van der Waals surface area contributed by atoms with Crippen LogP contribution in [0.5, 0.6) is 11.5 Å². The maximum absolute atomic E-state index is 12.4. The molecule has 2 aromatic rings. The van der Waals surface area contributed by atoms with Crippen LogP contribution in [0.15, 0.2) is 42.5 Å². The van der Waals surface area contributed by atoms with Crippen molar-refractivity contribution in [1.82, 2.24) is 0 Å². The lowest BCUT2D eigenvalue weighted by Gasteiger charge is -2.30. The summed E-state index contributed by atoms with van der Waals surface area (Å²) in [6.45, 7) is 4.40. The van der Waals surface area contributed by atoms with E-state index in [1.54, 1.807) is 61.3 Å². The third-order valence-electron chi connectivity index (χ3n) is 4.15. The lowest BCUT2D eigenvalue weighted by molar-refractivity contribution is -0.125. The van der Waals surface area contributed by atoms with Crippen molar-refractivity contribution in [1.29, 1.82) is 0 Å². The van der Waals surface area contributed by atoms with Crippen LogP contribution >= 0.6 is 0 Å². The quantitative estimate of drug-likeness (QED) is 0.893. The number of anilines is 2. The Labute approximate surface area is 152 Å². The van der Waals surface area contributed by atoms with E-state index in [0.29, 0.717) is 29.3 Å². The molecule has 6 nitrogen and oxygen atoms in total. The second kappa shape index (κ2) is 7.47. The molecular formula is C20H22N2O4. The number of benzene rings is 2. The predicted molar refractivity (Wildman–Crippen MR) is 100 cm³/mol. The SMILES string of the molecule is CCCOc1ccc(C(=O)Nc2ccc3c(c2)N(C)C(=O)[C@H](C)O3)cc1. The van der Waals surface area contributed by atoms with Crippen molar-refractivity contribution in [3.8, 4) is 11.5 Å². The van der Waals surface area contributed by atoms with Gasteiger partial charge in [-0.25, -0.2) is 0 Å². The molecule has 0 saturated carbocycles. The van der Waals surface area contributed by atoms with Gasteiger partial charge in [-0.15, -0.1) is 0 Å². The van der Waals surface area contributed by atoms with Crippen molar-refractivity contribution in [2.45, 2.75) is 26.4 Å².